The van der Waals surface area contributed by atoms with Crippen LogP contribution in [0.4, 0.5) is 0 Å². The van der Waals surface area contributed by atoms with Crippen molar-refractivity contribution in [2.45, 2.75) is 5.25 Å². The summed E-state index contributed by atoms with van der Waals surface area (Å²) in [6, 6.07) is 14.4. The summed E-state index contributed by atoms with van der Waals surface area (Å²) >= 11 is 1.59. The zero-order valence-electron chi connectivity index (χ0n) is 9.74. The molecular weight excluding hydrogens is 246 g/mol. The summed E-state index contributed by atoms with van der Waals surface area (Å²) in [7, 11) is 0. The predicted molar refractivity (Wildman–Crippen MR) is 72.6 cm³/mol. The Morgan fingerprint density at radius 2 is 1.94 bits per heavy atom. The van der Waals surface area contributed by atoms with Crippen LogP contribution in [-0.4, -0.2) is 28.5 Å². The second kappa shape index (κ2) is 4.63. The SMILES string of the molecule is O=C1CSC(c2cccc3ccccc23)CN1O. The van der Waals surface area contributed by atoms with Crippen LogP contribution in [0.2, 0.25) is 0 Å². The lowest BCUT2D eigenvalue weighted by atomic mass is 10.0. The van der Waals surface area contributed by atoms with Gasteiger partial charge in [0.1, 0.15) is 0 Å². The molecule has 0 bridgehead atoms. The molecule has 0 radical (unpaired) electrons. The Labute approximate surface area is 109 Å². The first-order valence-electron chi connectivity index (χ1n) is 5.84. The lowest BCUT2D eigenvalue weighted by Crippen LogP contribution is -2.36. The van der Waals surface area contributed by atoms with Crippen LogP contribution < -0.4 is 0 Å². The summed E-state index contributed by atoms with van der Waals surface area (Å²) in [6.07, 6.45) is 0. The minimum atomic E-state index is -0.212. The third kappa shape index (κ3) is 1.98. The molecule has 2 aromatic carbocycles. The molecular formula is C14H13NO2S. The van der Waals surface area contributed by atoms with E-state index in [1.54, 1.807) is 11.8 Å². The van der Waals surface area contributed by atoms with E-state index >= 15 is 0 Å². The third-order valence-electron chi connectivity index (χ3n) is 3.20. The Kier molecular flexibility index (Phi) is 2.97. The van der Waals surface area contributed by atoms with Gasteiger partial charge in [-0.1, -0.05) is 42.5 Å². The van der Waals surface area contributed by atoms with Crippen molar-refractivity contribution < 1.29 is 10.0 Å². The zero-order chi connectivity index (χ0) is 12.5. The molecule has 1 saturated heterocycles. The second-order valence-corrected chi connectivity index (χ2v) is 5.53. The number of fused-ring (bicyclic) bond motifs is 1. The summed E-state index contributed by atoms with van der Waals surface area (Å²) in [5.74, 6) is 0.126. The van der Waals surface area contributed by atoms with Gasteiger partial charge in [0, 0.05) is 0 Å². The van der Waals surface area contributed by atoms with Crippen LogP contribution in [0.25, 0.3) is 10.8 Å². The number of hydroxylamine groups is 2. The van der Waals surface area contributed by atoms with Crippen molar-refractivity contribution in [2.75, 3.05) is 12.3 Å². The fourth-order valence-electron chi connectivity index (χ4n) is 2.28. The van der Waals surface area contributed by atoms with Gasteiger partial charge in [0.15, 0.2) is 0 Å². The van der Waals surface area contributed by atoms with Gasteiger partial charge in [-0.2, -0.15) is 0 Å². The van der Waals surface area contributed by atoms with Gasteiger partial charge in [0.05, 0.1) is 17.5 Å². The van der Waals surface area contributed by atoms with E-state index in [9.17, 15) is 10.0 Å². The Morgan fingerprint density at radius 3 is 2.78 bits per heavy atom. The summed E-state index contributed by atoms with van der Waals surface area (Å²) in [5, 5.41) is 12.9. The van der Waals surface area contributed by atoms with Gasteiger partial charge in [0.25, 0.3) is 5.91 Å². The van der Waals surface area contributed by atoms with Crippen LogP contribution in [0, 0.1) is 0 Å². The average Bonchev–Trinajstić information content (AvgIpc) is 2.41. The minimum Gasteiger partial charge on any atom is -0.286 e. The highest BCUT2D eigenvalue weighted by Gasteiger charge is 2.27. The lowest BCUT2D eigenvalue weighted by molar-refractivity contribution is -0.163. The highest BCUT2D eigenvalue weighted by molar-refractivity contribution is 8.00. The molecule has 0 aliphatic carbocycles. The fraction of sp³-hybridized carbons (Fsp3) is 0.214. The maximum absolute atomic E-state index is 11.3. The molecule has 0 spiro atoms. The maximum atomic E-state index is 11.3. The fourth-order valence-corrected chi connectivity index (χ4v) is 3.40. The molecule has 0 aromatic heterocycles. The Hall–Kier alpha value is -1.52. The smallest absolute Gasteiger partial charge is 0.255 e. The van der Waals surface area contributed by atoms with Crippen molar-refractivity contribution in [2.24, 2.45) is 0 Å². The number of nitrogens with zero attached hydrogens (tertiary/aromatic N) is 1. The summed E-state index contributed by atoms with van der Waals surface area (Å²) in [5.41, 5.74) is 1.18. The zero-order valence-corrected chi connectivity index (χ0v) is 10.6. The minimum absolute atomic E-state index is 0.138. The van der Waals surface area contributed by atoms with Crippen molar-refractivity contribution in [1.29, 1.82) is 0 Å². The first kappa shape index (κ1) is 11.6. The van der Waals surface area contributed by atoms with E-state index in [4.69, 9.17) is 0 Å². The van der Waals surface area contributed by atoms with Crippen LogP contribution in [-0.2, 0) is 4.79 Å². The van der Waals surface area contributed by atoms with E-state index < -0.39 is 0 Å². The largest absolute Gasteiger partial charge is 0.286 e. The van der Waals surface area contributed by atoms with Crippen LogP contribution in [0.3, 0.4) is 0 Å². The molecule has 3 rings (SSSR count). The van der Waals surface area contributed by atoms with E-state index in [1.807, 2.05) is 18.2 Å². The summed E-state index contributed by atoms with van der Waals surface area (Å²) < 4.78 is 0. The number of carbonyl (C=O) groups excluding carboxylic acids is 1. The highest BCUT2D eigenvalue weighted by atomic mass is 32.2. The van der Waals surface area contributed by atoms with E-state index in [0.29, 0.717) is 12.3 Å². The molecule has 2 aromatic rings. The van der Waals surface area contributed by atoms with Crippen LogP contribution in [0.15, 0.2) is 42.5 Å². The molecule has 1 amide bonds. The molecule has 1 aliphatic rings. The molecule has 1 N–H and O–H groups in total. The van der Waals surface area contributed by atoms with Gasteiger partial charge in [-0.15, -0.1) is 11.8 Å². The molecule has 18 heavy (non-hydrogen) atoms. The van der Waals surface area contributed by atoms with Crippen molar-refractivity contribution in [3.63, 3.8) is 0 Å². The Bertz CT molecular complexity index is 594. The lowest BCUT2D eigenvalue weighted by Gasteiger charge is -2.28. The van der Waals surface area contributed by atoms with E-state index in [-0.39, 0.29) is 11.2 Å². The average molecular weight is 259 g/mol. The molecule has 1 aliphatic heterocycles. The van der Waals surface area contributed by atoms with Crippen molar-refractivity contribution >= 4 is 28.4 Å². The molecule has 1 heterocycles. The topological polar surface area (TPSA) is 40.5 Å². The second-order valence-electron chi connectivity index (χ2n) is 4.34. The van der Waals surface area contributed by atoms with Crippen LogP contribution in [0.1, 0.15) is 10.8 Å². The first-order chi connectivity index (χ1) is 8.75. The van der Waals surface area contributed by atoms with Crippen LogP contribution in [0.5, 0.6) is 0 Å². The van der Waals surface area contributed by atoms with Gasteiger partial charge in [0.2, 0.25) is 0 Å². The summed E-state index contributed by atoms with van der Waals surface area (Å²) in [4.78, 5) is 11.3. The number of benzene rings is 2. The van der Waals surface area contributed by atoms with Crippen molar-refractivity contribution in [1.82, 2.24) is 5.06 Å². The van der Waals surface area contributed by atoms with Gasteiger partial charge in [-0.3, -0.25) is 10.0 Å². The molecule has 1 atom stereocenters. The van der Waals surface area contributed by atoms with E-state index in [1.165, 1.54) is 16.3 Å². The first-order valence-corrected chi connectivity index (χ1v) is 6.89. The van der Waals surface area contributed by atoms with Gasteiger partial charge < -0.3 is 0 Å². The molecule has 1 unspecified atom stereocenters. The van der Waals surface area contributed by atoms with Gasteiger partial charge in [-0.05, 0) is 16.3 Å². The highest BCUT2D eigenvalue weighted by Crippen LogP contribution is 2.36. The number of carbonyl (C=O) groups is 1. The summed E-state index contributed by atoms with van der Waals surface area (Å²) in [6.45, 7) is 0.359. The predicted octanol–water partition coefficient (Wildman–Crippen LogP) is 2.85. The number of hydrogen-bond acceptors (Lipinski definition) is 3. The molecule has 0 saturated carbocycles. The Balaban J connectivity index is 2.02. The molecule has 1 fully saturated rings. The van der Waals surface area contributed by atoms with Crippen LogP contribution >= 0.6 is 11.8 Å². The number of amides is 1. The maximum Gasteiger partial charge on any atom is 0.255 e. The molecule has 4 heteroatoms. The quantitative estimate of drug-likeness (QED) is 0.801. The molecule has 92 valence electrons. The van der Waals surface area contributed by atoms with Crippen molar-refractivity contribution in [3.05, 3.63) is 48.0 Å². The normalized spacial score (nSPS) is 20.4. The standard InChI is InChI=1S/C14H13NO2S/c16-14-9-18-13(8-15(14)17)12-7-3-5-10-4-1-2-6-11(10)12/h1-7,13,17H,8-9H2. The number of rotatable bonds is 1. The number of hydrogen-bond donors (Lipinski definition) is 1. The monoisotopic (exact) mass is 259 g/mol. The van der Waals surface area contributed by atoms with E-state index in [2.05, 4.69) is 24.3 Å². The van der Waals surface area contributed by atoms with E-state index in [0.717, 1.165) is 5.06 Å². The number of thioether (sulfide) groups is 1. The Morgan fingerprint density at radius 1 is 1.17 bits per heavy atom. The van der Waals surface area contributed by atoms with Crippen molar-refractivity contribution in [3.8, 4) is 0 Å². The van der Waals surface area contributed by atoms with Gasteiger partial charge in [-0.25, -0.2) is 5.06 Å². The third-order valence-corrected chi connectivity index (χ3v) is 4.42. The van der Waals surface area contributed by atoms with Gasteiger partial charge >= 0.3 is 0 Å². The molecule has 3 nitrogen and oxygen atoms in total.